The number of aliphatic hydroxyl groups excluding tert-OH is 1. The molecule has 0 radical (unpaired) electrons. The molecule has 0 spiro atoms. The molecule has 23 heavy (non-hydrogen) atoms. The Labute approximate surface area is 142 Å². The highest BCUT2D eigenvalue weighted by molar-refractivity contribution is 9.10. The van der Waals surface area contributed by atoms with E-state index >= 15 is 0 Å². The van der Waals surface area contributed by atoms with Crippen LogP contribution in [0.4, 0.5) is 17.3 Å². The van der Waals surface area contributed by atoms with Gasteiger partial charge in [0.05, 0.1) is 13.2 Å². The van der Waals surface area contributed by atoms with Crippen molar-refractivity contribution in [2.45, 2.75) is 6.92 Å². The summed E-state index contributed by atoms with van der Waals surface area (Å²) in [6, 6.07) is 7.45. The number of hydrogen-bond donors (Lipinski definition) is 3. The van der Waals surface area contributed by atoms with Crippen molar-refractivity contribution < 1.29 is 14.6 Å². The lowest BCUT2D eigenvalue weighted by Gasteiger charge is -2.14. The van der Waals surface area contributed by atoms with Crippen LogP contribution in [0.2, 0.25) is 0 Å². The average Bonchev–Trinajstić information content (AvgIpc) is 2.55. The van der Waals surface area contributed by atoms with E-state index in [0.29, 0.717) is 11.6 Å². The maximum Gasteiger partial charge on any atom is 0.345 e. The first-order valence-corrected chi connectivity index (χ1v) is 7.84. The number of anilines is 3. The maximum absolute atomic E-state index is 12.2. The molecule has 0 amide bonds. The number of halogens is 1. The van der Waals surface area contributed by atoms with Crippen LogP contribution in [-0.2, 0) is 4.74 Å². The first-order chi connectivity index (χ1) is 11.2. The lowest BCUT2D eigenvalue weighted by Crippen LogP contribution is -2.16. The van der Waals surface area contributed by atoms with Crippen molar-refractivity contribution in [3.63, 3.8) is 0 Å². The quantitative estimate of drug-likeness (QED) is 0.635. The van der Waals surface area contributed by atoms with Gasteiger partial charge in [-0.1, -0.05) is 15.9 Å². The van der Waals surface area contributed by atoms with E-state index in [0.717, 1.165) is 10.2 Å². The van der Waals surface area contributed by atoms with Gasteiger partial charge < -0.3 is 20.5 Å². The predicted molar refractivity (Wildman–Crippen MR) is 91.0 cm³/mol. The van der Waals surface area contributed by atoms with Crippen molar-refractivity contribution in [3.8, 4) is 0 Å². The summed E-state index contributed by atoms with van der Waals surface area (Å²) in [6.07, 6.45) is 1.34. The molecule has 2 rings (SSSR count). The molecular weight excluding hydrogens is 364 g/mol. The Kier molecular flexibility index (Phi) is 6.30. The van der Waals surface area contributed by atoms with E-state index in [2.05, 4.69) is 36.5 Å². The fourth-order valence-electron chi connectivity index (χ4n) is 1.86. The minimum Gasteiger partial charge on any atom is -0.462 e. The second-order valence-electron chi connectivity index (χ2n) is 4.45. The van der Waals surface area contributed by atoms with Crippen molar-refractivity contribution in [3.05, 3.63) is 40.6 Å². The molecule has 0 aliphatic carbocycles. The summed E-state index contributed by atoms with van der Waals surface area (Å²) >= 11 is 3.37. The van der Waals surface area contributed by atoms with Crippen molar-refractivity contribution in [2.75, 3.05) is 30.4 Å². The number of nitrogens with one attached hydrogen (secondary N) is 2. The van der Waals surface area contributed by atoms with Gasteiger partial charge in [-0.15, -0.1) is 0 Å². The molecule has 1 aromatic heterocycles. The highest BCUT2D eigenvalue weighted by Gasteiger charge is 2.20. The Balaban J connectivity index is 2.36. The van der Waals surface area contributed by atoms with Crippen molar-refractivity contribution in [1.82, 2.24) is 9.97 Å². The third-order valence-electron chi connectivity index (χ3n) is 2.84. The molecule has 122 valence electrons. The molecule has 0 bridgehead atoms. The van der Waals surface area contributed by atoms with Gasteiger partial charge in [-0.2, -0.15) is 0 Å². The molecule has 1 heterocycles. The van der Waals surface area contributed by atoms with Gasteiger partial charge >= 0.3 is 5.97 Å². The Bertz CT molecular complexity index is 664. The fourth-order valence-corrected chi connectivity index (χ4v) is 2.12. The third-order valence-corrected chi connectivity index (χ3v) is 3.37. The van der Waals surface area contributed by atoms with Crippen LogP contribution in [0.25, 0.3) is 0 Å². The molecule has 0 saturated carbocycles. The Hall–Kier alpha value is -2.19. The summed E-state index contributed by atoms with van der Waals surface area (Å²) in [5, 5.41) is 14.9. The molecule has 0 fully saturated rings. The van der Waals surface area contributed by atoms with Crippen LogP contribution in [0.3, 0.4) is 0 Å². The highest BCUT2D eigenvalue weighted by Crippen LogP contribution is 2.25. The first-order valence-electron chi connectivity index (χ1n) is 7.05. The number of hydrogen-bond acceptors (Lipinski definition) is 7. The lowest BCUT2D eigenvalue weighted by molar-refractivity contribution is 0.0528. The molecule has 8 heteroatoms. The summed E-state index contributed by atoms with van der Waals surface area (Å²) in [5.41, 5.74) is 0.969. The average molecular weight is 381 g/mol. The maximum atomic E-state index is 12.2. The zero-order valence-electron chi connectivity index (χ0n) is 12.5. The van der Waals surface area contributed by atoms with Gasteiger partial charge in [-0.25, -0.2) is 14.8 Å². The molecule has 7 nitrogen and oxygen atoms in total. The normalized spacial score (nSPS) is 10.2. The van der Waals surface area contributed by atoms with E-state index in [1.807, 2.05) is 24.3 Å². The van der Waals surface area contributed by atoms with Crippen LogP contribution in [0.15, 0.2) is 35.1 Å². The minimum absolute atomic E-state index is 0.0816. The molecule has 0 atom stereocenters. The SMILES string of the molecule is CCOC(=O)c1c(NCCO)ncnc1Nc1ccc(Br)cc1. The number of ether oxygens (including phenoxy) is 1. The summed E-state index contributed by atoms with van der Waals surface area (Å²) in [7, 11) is 0. The smallest absolute Gasteiger partial charge is 0.345 e. The molecule has 0 aliphatic rings. The number of aliphatic hydroxyl groups is 1. The van der Waals surface area contributed by atoms with Crippen molar-refractivity contribution in [1.29, 1.82) is 0 Å². The number of carbonyl (C=O) groups is 1. The van der Waals surface area contributed by atoms with Crippen LogP contribution in [-0.4, -0.2) is 40.8 Å². The highest BCUT2D eigenvalue weighted by atomic mass is 79.9. The molecule has 0 unspecified atom stereocenters. The largest absolute Gasteiger partial charge is 0.462 e. The van der Waals surface area contributed by atoms with Crippen LogP contribution < -0.4 is 10.6 Å². The molecule has 0 saturated heterocycles. The van der Waals surface area contributed by atoms with E-state index in [4.69, 9.17) is 9.84 Å². The van der Waals surface area contributed by atoms with E-state index < -0.39 is 5.97 Å². The second-order valence-corrected chi connectivity index (χ2v) is 5.36. The topological polar surface area (TPSA) is 96.4 Å². The fraction of sp³-hybridized carbons (Fsp3) is 0.267. The molecule has 3 N–H and O–H groups in total. The van der Waals surface area contributed by atoms with E-state index in [-0.39, 0.29) is 25.3 Å². The van der Waals surface area contributed by atoms with E-state index in [9.17, 15) is 4.79 Å². The van der Waals surface area contributed by atoms with Gasteiger partial charge in [0.15, 0.2) is 5.82 Å². The van der Waals surface area contributed by atoms with Crippen molar-refractivity contribution in [2.24, 2.45) is 0 Å². The number of esters is 1. The zero-order valence-corrected chi connectivity index (χ0v) is 14.1. The van der Waals surface area contributed by atoms with Gasteiger partial charge in [0, 0.05) is 16.7 Å². The standard InChI is InChI=1S/C15H17BrN4O3/c1-2-23-15(22)12-13(17-7-8-21)18-9-19-14(12)20-11-5-3-10(16)4-6-11/h3-6,9,21H,2,7-8H2,1H3,(H2,17,18,19,20). The Morgan fingerprint density at radius 1 is 1.26 bits per heavy atom. The van der Waals surface area contributed by atoms with Crippen LogP contribution in [0.5, 0.6) is 0 Å². The minimum atomic E-state index is -0.534. The molecule has 1 aromatic carbocycles. The van der Waals surface area contributed by atoms with E-state index in [1.54, 1.807) is 6.92 Å². The monoisotopic (exact) mass is 380 g/mol. The van der Waals surface area contributed by atoms with Gasteiger partial charge in [0.2, 0.25) is 0 Å². The molecule has 0 aliphatic heterocycles. The third kappa shape index (κ3) is 4.64. The second kappa shape index (κ2) is 8.44. The van der Waals surface area contributed by atoms with Gasteiger partial charge in [0.1, 0.15) is 17.7 Å². The van der Waals surface area contributed by atoms with Crippen LogP contribution in [0, 0.1) is 0 Å². The number of nitrogens with zero attached hydrogens (tertiary/aromatic N) is 2. The van der Waals surface area contributed by atoms with Crippen LogP contribution in [0.1, 0.15) is 17.3 Å². The number of aromatic nitrogens is 2. The van der Waals surface area contributed by atoms with Gasteiger partial charge in [0.25, 0.3) is 0 Å². The predicted octanol–water partition coefficient (Wildman–Crippen LogP) is 2.56. The lowest BCUT2D eigenvalue weighted by atomic mass is 10.2. The Morgan fingerprint density at radius 2 is 1.96 bits per heavy atom. The molecular formula is C15H17BrN4O3. The number of benzene rings is 1. The summed E-state index contributed by atoms with van der Waals surface area (Å²) < 4.78 is 6.02. The first kappa shape index (κ1) is 17.2. The summed E-state index contributed by atoms with van der Waals surface area (Å²) in [4.78, 5) is 20.4. The number of rotatable bonds is 7. The van der Waals surface area contributed by atoms with Gasteiger partial charge in [-0.3, -0.25) is 0 Å². The Morgan fingerprint density at radius 3 is 2.61 bits per heavy atom. The van der Waals surface area contributed by atoms with Crippen LogP contribution >= 0.6 is 15.9 Å². The number of carbonyl (C=O) groups excluding carboxylic acids is 1. The summed E-state index contributed by atoms with van der Waals surface area (Å²) in [5.74, 6) is 0.112. The molecule has 2 aromatic rings. The zero-order chi connectivity index (χ0) is 16.7. The van der Waals surface area contributed by atoms with Gasteiger partial charge in [-0.05, 0) is 31.2 Å². The van der Waals surface area contributed by atoms with Crippen molar-refractivity contribution >= 4 is 39.2 Å². The van der Waals surface area contributed by atoms with E-state index in [1.165, 1.54) is 6.33 Å². The summed E-state index contributed by atoms with van der Waals surface area (Å²) in [6.45, 7) is 2.15.